The van der Waals surface area contributed by atoms with Crippen molar-refractivity contribution in [3.63, 3.8) is 0 Å². The van der Waals surface area contributed by atoms with Crippen LogP contribution < -0.4 is 5.43 Å². The normalized spacial score (nSPS) is 12.2. The summed E-state index contributed by atoms with van der Waals surface area (Å²) in [6.45, 7) is 8.42. The molecule has 1 amide bonds. The zero-order valence-corrected chi connectivity index (χ0v) is 9.88. The molecular weight excluding hydrogens is 196 g/mol. The Morgan fingerprint density at radius 3 is 2.20 bits per heavy atom. The molecule has 0 saturated heterocycles. The third kappa shape index (κ3) is 8.93. The van der Waals surface area contributed by atoms with Gasteiger partial charge in [-0.05, 0) is 34.6 Å². The molecule has 0 rings (SSSR count). The van der Waals surface area contributed by atoms with Gasteiger partial charge in [0, 0.05) is 12.1 Å². The zero-order valence-electron chi connectivity index (χ0n) is 9.88. The molecule has 5 nitrogen and oxygen atoms in total. The van der Waals surface area contributed by atoms with Gasteiger partial charge in [0.15, 0.2) is 0 Å². The number of Topliss-reactive ketones (excluding diaryl/α,β-unsaturated/α-hetero) is 1. The van der Waals surface area contributed by atoms with E-state index in [1.807, 2.05) is 0 Å². The van der Waals surface area contributed by atoms with E-state index in [1.54, 1.807) is 27.7 Å². The molecule has 0 aromatic rings. The first-order valence-electron chi connectivity index (χ1n) is 4.72. The van der Waals surface area contributed by atoms with Crippen LogP contribution in [0.3, 0.4) is 0 Å². The molecule has 0 heterocycles. The minimum absolute atomic E-state index is 0.00207. The highest BCUT2D eigenvalue weighted by atomic mass is 16.6. The summed E-state index contributed by atoms with van der Waals surface area (Å²) in [6.07, 6.45) is -0.388. The maximum Gasteiger partial charge on any atom is 0.428 e. The first-order valence-corrected chi connectivity index (χ1v) is 4.72. The van der Waals surface area contributed by atoms with Gasteiger partial charge in [-0.3, -0.25) is 4.79 Å². The van der Waals surface area contributed by atoms with Gasteiger partial charge in [0.2, 0.25) is 0 Å². The number of hydrogen-bond donors (Lipinski definition) is 1. The highest BCUT2D eigenvalue weighted by molar-refractivity contribution is 5.99. The summed E-state index contributed by atoms with van der Waals surface area (Å²) in [7, 11) is 0. The average Bonchev–Trinajstić information content (AvgIpc) is 1.96. The van der Waals surface area contributed by atoms with E-state index in [0.717, 1.165) is 0 Å². The van der Waals surface area contributed by atoms with Crippen molar-refractivity contribution < 1.29 is 14.3 Å². The van der Waals surface area contributed by atoms with Crippen LogP contribution in [0.2, 0.25) is 0 Å². The van der Waals surface area contributed by atoms with Crippen LogP contribution >= 0.6 is 0 Å². The fraction of sp³-hybridized carbons (Fsp3) is 0.700. The van der Waals surface area contributed by atoms with Crippen LogP contribution in [0.4, 0.5) is 4.79 Å². The van der Waals surface area contributed by atoms with Crippen molar-refractivity contribution in [2.24, 2.45) is 5.10 Å². The second kappa shape index (κ2) is 5.48. The summed E-state index contributed by atoms with van der Waals surface area (Å²) >= 11 is 0. The van der Waals surface area contributed by atoms with Crippen molar-refractivity contribution in [3.8, 4) is 0 Å². The Bertz CT molecular complexity index is 277. The Labute approximate surface area is 89.9 Å². The number of nitrogens with one attached hydrogen (secondary N) is 1. The van der Waals surface area contributed by atoms with Crippen molar-refractivity contribution in [1.29, 1.82) is 0 Å². The topological polar surface area (TPSA) is 67.8 Å². The SMILES string of the molecule is CC(=O)C/C(C)=N/NC(=O)OC(C)(C)C. The predicted octanol–water partition coefficient (Wildman–Crippen LogP) is 1.87. The monoisotopic (exact) mass is 214 g/mol. The van der Waals surface area contributed by atoms with E-state index in [1.165, 1.54) is 6.92 Å². The second-order valence-corrected chi connectivity index (χ2v) is 4.34. The van der Waals surface area contributed by atoms with Crippen LogP contribution in [0.25, 0.3) is 0 Å². The molecule has 15 heavy (non-hydrogen) atoms. The molecule has 0 radical (unpaired) electrons. The number of hydrazone groups is 1. The molecule has 0 fully saturated rings. The van der Waals surface area contributed by atoms with Crippen molar-refractivity contribution >= 4 is 17.6 Å². The lowest BCUT2D eigenvalue weighted by atomic mass is 10.2. The van der Waals surface area contributed by atoms with Crippen LogP contribution in [-0.4, -0.2) is 23.2 Å². The van der Waals surface area contributed by atoms with Crippen LogP contribution in [0.15, 0.2) is 5.10 Å². The second-order valence-electron chi connectivity index (χ2n) is 4.34. The Kier molecular flexibility index (Phi) is 4.97. The lowest BCUT2D eigenvalue weighted by molar-refractivity contribution is -0.115. The van der Waals surface area contributed by atoms with Crippen molar-refractivity contribution in [2.45, 2.75) is 46.6 Å². The number of carbonyl (C=O) groups excluding carboxylic acids is 2. The van der Waals surface area contributed by atoms with Crippen LogP contribution in [-0.2, 0) is 9.53 Å². The first-order chi connectivity index (χ1) is 6.70. The summed E-state index contributed by atoms with van der Waals surface area (Å²) < 4.78 is 4.95. The summed E-state index contributed by atoms with van der Waals surface area (Å²) in [5, 5.41) is 3.72. The van der Waals surface area contributed by atoms with Crippen molar-refractivity contribution in [2.75, 3.05) is 0 Å². The van der Waals surface area contributed by atoms with E-state index >= 15 is 0 Å². The van der Waals surface area contributed by atoms with E-state index in [2.05, 4.69) is 10.5 Å². The standard InChI is InChI=1S/C10H18N2O3/c1-7(6-8(2)13)11-12-9(14)15-10(3,4)5/h6H2,1-5H3,(H,12,14)/b11-7+. The number of hydrogen-bond acceptors (Lipinski definition) is 4. The van der Waals surface area contributed by atoms with Crippen LogP contribution in [0.5, 0.6) is 0 Å². The summed E-state index contributed by atoms with van der Waals surface area (Å²) in [5.74, 6) is 0.00207. The summed E-state index contributed by atoms with van der Waals surface area (Å²) in [5.41, 5.74) is 2.22. The third-order valence-corrected chi connectivity index (χ3v) is 1.24. The number of rotatable bonds is 3. The molecular formula is C10H18N2O3. The maximum absolute atomic E-state index is 11.1. The Morgan fingerprint density at radius 1 is 1.27 bits per heavy atom. The van der Waals surface area contributed by atoms with E-state index in [9.17, 15) is 9.59 Å². The molecule has 0 saturated carbocycles. The fourth-order valence-corrected chi connectivity index (χ4v) is 0.842. The summed E-state index contributed by atoms with van der Waals surface area (Å²) in [4.78, 5) is 21.8. The van der Waals surface area contributed by atoms with Crippen LogP contribution in [0, 0.1) is 0 Å². The van der Waals surface area contributed by atoms with Gasteiger partial charge in [-0.25, -0.2) is 10.2 Å². The fourth-order valence-electron chi connectivity index (χ4n) is 0.842. The van der Waals surface area contributed by atoms with Crippen molar-refractivity contribution in [1.82, 2.24) is 5.43 Å². The molecule has 0 unspecified atom stereocenters. The predicted molar refractivity (Wildman–Crippen MR) is 57.8 cm³/mol. The molecule has 0 aliphatic carbocycles. The van der Waals surface area contributed by atoms with Gasteiger partial charge in [-0.1, -0.05) is 0 Å². The molecule has 0 atom stereocenters. The van der Waals surface area contributed by atoms with Gasteiger partial charge in [0.25, 0.3) is 0 Å². The molecule has 5 heteroatoms. The molecule has 0 aliphatic rings. The quantitative estimate of drug-likeness (QED) is 0.576. The van der Waals surface area contributed by atoms with Gasteiger partial charge in [-0.15, -0.1) is 0 Å². The zero-order chi connectivity index (χ0) is 12.1. The van der Waals surface area contributed by atoms with Crippen molar-refractivity contribution in [3.05, 3.63) is 0 Å². The minimum atomic E-state index is -0.620. The Balaban J connectivity index is 4.04. The van der Waals surface area contributed by atoms with Gasteiger partial charge in [-0.2, -0.15) is 5.10 Å². The van der Waals surface area contributed by atoms with E-state index < -0.39 is 11.7 Å². The maximum atomic E-state index is 11.1. The van der Waals surface area contributed by atoms with Gasteiger partial charge in [0.05, 0.1) is 0 Å². The van der Waals surface area contributed by atoms with E-state index in [0.29, 0.717) is 5.71 Å². The molecule has 0 aromatic heterocycles. The number of amides is 1. The Morgan fingerprint density at radius 2 is 1.80 bits per heavy atom. The summed E-state index contributed by atoms with van der Waals surface area (Å²) in [6, 6.07) is 0. The molecule has 0 bridgehead atoms. The van der Waals surface area contributed by atoms with Gasteiger partial charge in [0.1, 0.15) is 11.4 Å². The average molecular weight is 214 g/mol. The van der Waals surface area contributed by atoms with E-state index in [-0.39, 0.29) is 12.2 Å². The first kappa shape index (κ1) is 13.6. The molecule has 0 spiro atoms. The minimum Gasteiger partial charge on any atom is -0.443 e. The van der Waals surface area contributed by atoms with Gasteiger partial charge >= 0.3 is 6.09 Å². The van der Waals surface area contributed by atoms with E-state index in [4.69, 9.17) is 4.74 Å². The number of ether oxygens (including phenoxy) is 1. The number of nitrogens with zero attached hydrogens (tertiary/aromatic N) is 1. The largest absolute Gasteiger partial charge is 0.443 e. The highest BCUT2D eigenvalue weighted by Gasteiger charge is 2.15. The number of ketones is 1. The van der Waals surface area contributed by atoms with Gasteiger partial charge < -0.3 is 4.74 Å². The molecule has 0 aliphatic heterocycles. The lowest BCUT2D eigenvalue weighted by Gasteiger charge is -2.18. The molecule has 1 N–H and O–H groups in total. The smallest absolute Gasteiger partial charge is 0.428 e. The third-order valence-electron chi connectivity index (χ3n) is 1.24. The molecule has 0 aromatic carbocycles. The number of carbonyl (C=O) groups is 2. The Hall–Kier alpha value is -1.39. The lowest BCUT2D eigenvalue weighted by Crippen LogP contribution is -2.30. The highest BCUT2D eigenvalue weighted by Crippen LogP contribution is 2.06. The molecule has 86 valence electrons. The van der Waals surface area contributed by atoms with Crippen LogP contribution in [0.1, 0.15) is 41.0 Å².